The van der Waals surface area contributed by atoms with Crippen LogP contribution in [0.15, 0.2) is 24.3 Å². The predicted molar refractivity (Wildman–Crippen MR) is 68.6 cm³/mol. The average molecular weight is 247 g/mol. The number of ketones is 1. The number of amides is 1. The molecule has 2 rings (SSSR count). The number of benzene rings is 1. The smallest absolute Gasteiger partial charge is 0.227 e. The second-order valence-corrected chi connectivity index (χ2v) is 4.51. The molecule has 4 nitrogen and oxygen atoms in total. The molecular weight excluding hydrogens is 230 g/mol. The number of carbonyl (C=O) groups is 2. The summed E-state index contributed by atoms with van der Waals surface area (Å²) in [5.74, 6) is 0.0948. The van der Waals surface area contributed by atoms with Gasteiger partial charge in [-0.05, 0) is 44.0 Å². The number of nitrogens with one attached hydrogen (secondary N) is 1. The Balaban J connectivity index is 1.96. The maximum absolute atomic E-state index is 12.0. The Hall–Kier alpha value is -1.68. The van der Waals surface area contributed by atoms with Crippen LogP contribution >= 0.6 is 0 Å². The quantitative estimate of drug-likeness (QED) is 0.833. The third kappa shape index (κ3) is 3.17. The van der Waals surface area contributed by atoms with Crippen molar-refractivity contribution in [1.29, 1.82) is 0 Å². The van der Waals surface area contributed by atoms with Gasteiger partial charge in [0.1, 0.15) is 0 Å². The van der Waals surface area contributed by atoms with E-state index in [4.69, 9.17) is 4.74 Å². The van der Waals surface area contributed by atoms with E-state index in [0.717, 1.165) is 18.5 Å². The lowest BCUT2D eigenvalue weighted by molar-refractivity contribution is -0.122. The van der Waals surface area contributed by atoms with E-state index in [-0.39, 0.29) is 17.6 Å². The first kappa shape index (κ1) is 12.8. The van der Waals surface area contributed by atoms with Crippen molar-refractivity contribution in [2.75, 3.05) is 18.5 Å². The van der Waals surface area contributed by atoms with E-state index < -0.39 is 0 Å². The second-order valence-electron chi connectivity index (χ2n) is 4.51. The molecule has 1 aromatic carbocycles. The van der Waals surface area contributed by atoms with Gasteiger partial charge in [0.2, 0.25) is 5.91 Å². The molecule has 0 spiro atoms. The molecule has 0 bridgehead atoms. The maximum Gasteiger partial charge on any atom is 0.227 e. The Bertz CT molecular complexity index is 433. The van der Waals surface area contributed by atoms with E-state index in [2.05, 4.69) is 5.32 Å². The topological polar surface area (TPSA) is 55.4 Å². The second kappa shape index (κ2) is 5.78. The Morgan fingerprint density at radius 2 is 1.78 bits per heavy atom. The van der Waals surface area contributed by atoms with Crippen molar-refractivity contribution in [2.45, 2.75) is 19.8 Å². The van der Waals surface area contributed by atoms with E-state index >= 15 is 0 Å². The van der Waals surface area contributed by atoms with Gasteiger partial charge in [-0.3, -0.25) is 9.59 Å². The number of hydrogen-bond acceptors (Lipinski definition) is 3. The summed E-state index contributed by atoms with van der Waals surface area (Å²) in [6.45, 7) is 2.83. The highest BCUT2D eigenvalue weighted by Gasteiger charge is 2.21. The standard InChI is InChI=1S/C14H17NO3/c1-10(16)11-2-4-13(5-3-11)15-14(17)12-6-8-18-9-7-12/h2-5,12H,6-9H2,1H3,(H,15,17). The zero-order valence-corrected chi connectivity index (χ0v) is 10.4. The first-order chi connectivity index (χ1) is 8.66. The van der Waals surface area contributed by atoms with Crippen molar-refractivity contribution in [1.82, 2.24) is 0 Å². The molecule has 1 N–H and O–H groups in total. The molecule has 1 heterocycles. The number of Topliss-reactive ketones (excluding diaryl/α,β-unsaturated/α-hetero) is 1. The molecule has 0 atom stereocenters. The minimum atomic E-state index is 0.0253. The maximum atomic E-state index is 12.0. The van der Waals surface area contributed by atoms with Crippen LogP contribution in [-0.4, -0.2) is 24.9 Å². The molecule has 0 unspecified atom stereocenters. The zero-order valence-electron chi connectivity index (χ0n) is 10.4. The Morgan fingerprint density at radius 1 is 1.17 bits per heavy atom. The van der Waals surface area contributed by atoms with E-state index in [1.54, 1.807) is 24.3 Å². The normalized spacial score (nSPS) is 16.3. The summed E-state index contributed by atoms with van der Waals surface area (Å²) >= 11 is 0. The lowest BCUT2D eigenvalue weighted by atomic mass is 9.99. The zero-order chi connectivity index (χ0) is 13.0. The highest BCUT2D eigenvalue weighted by atomic mass is 16.5. The van der Waals surface area contributed by atoms with Gasteiger partial charge in [0.15, 0.2) is 5.78 Å². The summed E-state index contributed by atoms with van der Waals surface area (Å²) < 4.78 is 5.22. The van der Waals surface area contributed by atoms with Gasteiger partial charge in [0.25, 0.3) is 0 Å². The summed E-state index contributed by atoms with van der Waals surface area (Å²) in [5.41, 5.74) is 1.38. The molecule has 1 saturated heterocycles. The van der Waals surface area contributed by atoms with Gasteiger partial charge in [-0.25, -0.2) is 0 Å². The number of carbonyl (C=O) groups excluding carboxylic acids is 2. The highest BCUT2D eigenvalue weighted by molar-refractivity contribution is 5.96. The van der Waals surface area contributed by atoms with Crippen LogP contribution in [0, 0.1) is 5.92 Å². The van der Waals surface area contributed by atoms with Gasteiger partial charge in [0.05, 0.1) is 0 Å². The highest BCUT2D eigenvalue weighted by Crippen LogP contribution is 2.18. The fraction of sp³-hybridized carbons (Fsp3) is 0.429. The van der Waals surface area contributed by atoms with Crippen LogP contribution in [-0.2, 0) is 9.53 Å². The van der Waals surface area contributed by atoms with Gasteiger partial charge < -0.3 is 10.1 Å². The first-order valence-corrected chi connectivity index (χ1v) is 6.16. The lowest BCUT2D eigenvalue weighted by Crippen LogP contribution is -2.28. The van der Waals surface area contributed by atoms with Gasteiger partial charge in [0, 0.05) is 30.4 Å². The van der Waals surface area contributed by atoms with Crippen LogP contribution in [0.4, 0.5) is 5.69 Å². The van der Waals surface area contributed by atoms with E-state index in [1.807, 2.05) is 0 Å². The molecule has 1 aliphatic rings. The van der Waals surface area contributed by atoms with E-state index in [9.17, 15) is 9.59 Å². The van der Waals surface area contributed by atoms with Crippen LogP contribution in [0.25, 0.3) is 0 Å². The van der Waals surface area contributed by atoms with Crippen LogP contribution < -0.4 is 5.32 Å². The Morgan fingerprint density at radius 3 is 2.33 bits per heavy atom. The van der Waals surface area contributed by atoms with E-state index in [1.165, 1.54) is 6.92 Å². The first-order valence-electron chi connectivity index (χ1n) is 6.16. The molecule has 1 aliphatic heterocycles. The molecule has 0 radical (unpaired) electrons. The third-order valence-electron chi connectivity index (χ3n) is 3.15. The fourth-order valence-corrected chi connectivity index (χ4v) is 1.99. The molecular formula is C14H17NO3. The summed E-state index contributed by atoms with van der Waals surface area (Å²) in [7, 11) is 0. The molecule has 0 saturated carbocycles. The molecule has 0 aliphatic carbocycles. The van der Waals surface area contributed by atoms with E-state index in [0.29, 0.717) is 18.8 Å². The van der Waals surface area contributed by atoms with Crippen molar-refractivity contribution < 1.29 is 14.3 Å². The van der Waals surface area contributed by atoms with Crippen molar-refractivity contribution >= 4 is 17.4 Å². The van der Waals surface area contributed by atoms with Crippen LogP contribution in [0.1, 0.15) is 30.1 Å². The molecule has 1 amide bonds. The van der Waals surface area contributed by atoms with Gasteiger partial charge >= 0.3 is 0 Å². The summed E-state index contributed by atoms with van der Waals surface area (Å²) in [6, 6.07) is 6.96. The van der Waals surface area contributed by atoms with Crippen molar-refractivity contribution in [3.05, 3.63) is 29.8 Å². The van der Waals surface area contributed by atoms with Crippen LogP contribution in [0.3, 0.4) is 0 Å². The fourth-order valence-electron chi connectivity index (χ4n) is 1.99. The summed E-state index contributed by atoms with van der Waals surface area (Å²) in [4.78, 5) is 23.1. The number of ether oxygens (including phenoxy) is 1. The number of anilines is 1. The Labute approximate surface area is 106 Å². The number of hydrogen-bond donors (Lipinski definition) is 1. The molecule has 0 aromatic heterocycles. The van der Waals surface area contributed by atoms with Gasteiger partial charge in [-0.1, -0.05) is 0 Å². The monoisotopic (exact) mass is 247 g/mol. The van der Waals surface area contributed by atoms with Crippen LogP contribution in [0.5, 0.6) is 0 Å². The van der Waals surface area contributed by atoms with Crippen molar-refractivity contribution in [3.63, 3.8) is 0 Å². The van der Waals surface area contributed by atoms with Crippen molar-refractivity contribution in [2.24, 2.45) is 5.92 Å². The molecule has 1 aromatic rings. The van der Waals surface area contributed by atoms with Gasteiger partial charge in [-0.2, -0.15) is 0 Å². The third-order valence-corrected chi connectivity index (χ3v) is 3.15. The average Bonchev–Trinajstić information content (AvgIpc) is 2.40. The molecule has 18 heavy (non-hydrogen) atoms. The SMILES string of the molecule is CC(=O)c1ccc(NC(=O)C2CCOCC2)cc1. The summed E-state index contributed by atoms with van der Waals surface area (Å²) in [5, 5.41) is 2.87. The predicted octanol–water partition coefficient (Wildman–Crippen LogP) is 2.25. The molecule has 96 valence electrons. The largest absolute Gasteiger partial charge is 0.381 e. The lowest BCUT2D eigenvalue weighted by Gasteiger charge is -2.21. The molecule has 1 fully saturated rings. The minimum absolute atomic E-state index is 0.0253. The Kier molecular flexibility index (Phi) is 4.10. The summed E-state index contributed by atoms with van der Waals surface area (Å²) in [6.07, 6.45) is 1.55. The number of rotatable bonds is 3. The minimum Gasteiger partial charge on any atom is -0.381 e. The van der Waals surface area contributed by atoms with Gasteiger partial charge in [-0.15, -0.1) is 0 Å². The molecule has 4 heteroatoms. The van der Waals surface area contributed by atoms with Crippen LogP contribution in [0.2, 0.25) is 0 Å². The van der Waals surface area contributed by atoms with Crippen molar-refractivity contribution in [3.8, 4) is 0 Å².